The van der Waals surface area contributed by atoms with Crippen LogP contribution in [-0.2, 0) is 29.1 Å². The zero-order valence-corrected chi connectivity index (χ0v) is 33.6. The Bertz CT molecular complexity index is 2300. The van der Waals surface area contributed by atoms with E-state index >= 15 is 0 Å². The molecule has 2 heterocycles. The van der Waals surface area contributed by atoms with E-state index in [0.29, 0.717) is 28.1 Å². The average molecular weight is 813 g/mol. The maximum Gasteiger partial charge on any atom is 0.408 e. The van der Waals surface area contributed by atoms with Gasteiger partial charge in [-0.3, -0.25) is 14.4 Å². The maximum atomic E-state index is 14.2. The minimum Gasteiger partial charge on any atom is -0.497 e. The maximum absolute atomic E-state index is 14.2. The first-order valence-electron chi connectivity index (χ1n) is 18.8. The summed E-state index contributed by atoms with van der Waals surface area (Å²) in [5, 5.41) is 6.00. The number of hydrogen-bond acceptors (Lipinski definition) is 11. The van der Waals surface area contributed by atoms with Crippen LogP contribution in [0.2, 0.25) is 0 Å². The van der Waals surface area contributed by atoms with Gasteiger partial charge in [0.25, 0.3) is 10.0 Å². The van der Waals surface area contributed by atoms with Gasteiger partial charge in [-0.25, -0.2) is 22.9 Å². The second kappa shape index (κ2) is 16.8. The van der Waals surface area contributed by atoms with Crippen LogP contribution in [0.1, 0.15) is 33.6 Å². The number of nitrogens with two attached hydrogens (primary N) is 1. The molecule has 5 N–H and O–H groups in total. The molecule has 1 saturated heterocycles. The van der Waals surface area contributed by atoms with Crippen LogP contribution in [0.15, 0.2) is 102 Å². The topological polar surface area (TPSA) is 208 Å². The van der Waals surface area contributed by atoms with Crippen molar-refractivity contribution in [2.75, 3.05) is 26.7 Å². The lowest BCUT2D eigenvalue weighted by Crippen LogP contribution is -2.57. The lowest BCUT2D eigenvalue weighted by atomic mass is 10.0. The number of amides is 4. The van der Waals surface area contributed by atoms with Gasteiger partial charge in [0, 0.05) is 42.6 Å². The molecule has 4 aromatic rings. The molecule has 0 spiro atoms. The Kier molecular flexibility index (Phi) is 12.1. The van der Waals surface area contributed by atoms with E-state index in [1.807, 2.05) is 36.4 Å². The molecule has 15 nitrogen and oxygen atoms in total. The van der Waals surface area contributed by atoms with E-state index < -0.39 is 69.0 Å². The quantitative estimate of drug-likeness (QED) is 0.134. The molecule has 1 aliphatic heterocycles. The first-order chi connectivity index (χ1) is 27.6. The Morgan fingerprint density at radius 1 is 1.03 bits per heavy atom. The number of nitrogens with zero attached hydrogens (tertiary/aromatic N) is 2. The SMILES string of the molecule is C=CC1CC1(CNC(=O)C1CC(Oc2cc(-c3ccccc3)nc3cc(OC)ccc23)CN1C(=O)C(CN)NC(=O)OC(C)(C)C)C(=O)NS(=O)(=O)c1ccccc1. The smallest absolute Gasteiger partial charge is 0.408 e. The van der Waals surface area contributed by atoms with E-state index in [-0.39, 0.29) is 37.4 Å². The monoisotopic (exact) mass is 812 g/mol. The molecule has 3 aromatic carbocycles. The Hall–Kier alpha value is -6.00. The highest BCUT2D eigenvalue weighted by Crippen LogP contribution is 2.53. The van der Waals surface area contributed by atoms with Crippen molar-refractivity contribution >= 4 is 44.7 Å². The second-order valence-electron chi connectivity index (χ2n) is 15.3. The number of benzene rings is 3. The summed E-state index contributed by atoms with van der Waals surface area (Å²) >= 11 is 0. The first-order valence-corrected chi connectivity index (χ1v) is 20.3. The summed E-state index contributed by atoms with van der Waals surface area (Å²) in [6.07, 6.45) is 0.215. The molecule has 5 unspecified atom stereocenters. The van der Waals surface area contributed by atoms with Gasteiger partial charge in [0.1, 0.15) is 35.3 Å². The van der Waals surface area contributed by atoms with Crippen molar-refractivity contribution in [2.45, 2.75) is 62.3 Å². The van der Waals surface area contributed by atoms with E-state index in [2.05, 4.69) is 21.9 Å². The van der Waals surface area contributed by atoms with Gasteiger partial charge < -0.3 is 35.5 Å². The number of hydrogen-bond donors (Lipinski definition) is 4. The molecule has 2 fully saturated rings. The van der Waals surface area contributed by atoms with Crippen molar-refractivity contribution < 1.29 is 41.8 Å². The fraction of sp³-hybridized carbons (Fsp3) is 0.357. The number of methoxy groups -OCH3 is 1. The fourth-order valence-electron chi connectivity index (χ4n) is 7.02. The van der Waals surface area contributed by atoms with Crippen LogP contribution >= 0.6 is 0 Å². The Morgan fingerprint density at radius 3 is 2.34 bits per heavy atom. The molecule has 306 valence electrons. The number of ether oxygens (including phenoxy) is 3. The lowest BCUT2D eigenvalue weighted by molar-refractivity contribution is -0.140. The molecule has 6 rings (SSSR count). The Labute approximate surface area is 337 Å². The molecule has 1 saturated carbocycles. The van der Waals surface area contributed by atoms with Crippen molar-refractivity contribution in [3.05, 3.63) is 97.6 Å². The summed E-state index contributed by atoms with van der Waals surface area (Å²) in [5.41, 5.74) is 5.91. The van der Waals surface area contributed by atoms with Gasteiger partial charge in [-0.1, -0.05) is 54.6 Å². The highest BCUT2D eigenvalue weighted by molar-refractivity contribution is 7.90. The minimum atomic E-state index is -4.20. The molecule has 0 radical (unpaired) electrons. The van der Waals surface area contributed by atoms with E-state index in [9.17, 15) is 27.6 Å². The van der Waals surface area contributed by atoms with E-state index in [4.69, 9.17) is 24.9 Å². The number of likely N-dealkylation sites (tertiary alicyclic amines) is 1. The summed E-state index contributed by atoms with van der Waals surface area (Å²) in [6.45, 7) is 8.22. The number of nitrogens with one attached hydrogen (secondary N) is 3. The van der Waals surface area contributed by atoms with Crippen molar-refractivity contribution in [1.82, 2.24) is 25.2 Å². The molecule has 1 aliphatic carbocycles. The molecule has 4 amide bonds. The summed E-state index contributed by atoms with van der Waals surface area (Å²) in [7, 11) is -2.65. The molecule has 1 aromatic heterocycles. The van der Waals surface area contributed by atoms with E-state index in [1.165, 1.54) is 17.0 Å². The van der Waals surface area contributed by atoms with Crippen LogP contribution in [0, 0.1) is 11.3 Å². The van der Waals surface area contributed by atoms with Gasteiger partial charge in [0.2, 0.25) is 17.7 Å². The zero-order chi connectivity index (χ0) is 41.8. The summed E-state index contributed by atoms with van der Waals surface area (Å²) < 4.78 is 45.7. The normalized spacial score (nSPS) is 20.7. The van der Waals surface area contributed by atoms with Crippen LogP contribution in [-0.4, -0.2) is 92.6 Å². The third kappa shape index (κ3) is 9.24. The van der Waals surface area contributed by atoms with Crippen LogP contribution in [0.5, 0.6) is 11.5 Å². The molecular weight excluding hydrogens is 765 g/mol. The van der Waals surface area contributed by atoms with Gasteiger partial charge in [-0.15, -0.1) is 6.58 Å². The molecule has 2 aliphatic rings. The Morgan fingerprint density at radius 2 is 1.72 bits per heavy atom. The summed E-state index contributed by atoms with van der Waals surface area (Å²) in [5.74, 6) is -1.43. The van der Waals surface area contributed by atoms with Gasteiger partial charge in [0.05, 0.1) is 35.2 Å². The fourth-order valence-corrected chi connectivity index (χ4v) is 8.10. The zero-order valence-electron chi connectivity index (χ0n) is 32.8. The van der Waals surface area contributed by atoms with Gasteiger partial charge in [0.15, 0.2) is 0 Å². The number of carbonyl (C=O) groups excluding carboxylic acids is 4. The Balaban J connectivity index is 1.27. The first kappa shape index (κ1) is 41.6. The predicted octanol–water partition coefficient (Wildman–Crippen LogP) is 3.92. The third-order valence-corrected chi connectivity index (χ3v) is 11.5. The average Bonchev–Trinajstić information content (AvgIpc) is 3.79. The number of carbonyl (C=O) groups is 4. The number of rotatable bonds is 14. The number of fused-ring (bicyclic) bond motifs is 1. The van der Waals surface area contributed by atoms with E-state index in [0.717, 1.165) is 5.56 Å². The summed E-state index contributed by atoms with van der Waals surface area (Å²) in [6, 6.07) is 21.8. The van der Waals surface area contributed by atoms with Gasteiger partial charge >= 0.3 is 6.09 Å². The number of pyridine rings is 1. The van der Waals surface area contributed by atoms with Crippen molar-refractivity contribution in [3.8, 4) is 22.8 Å². The molecule has 0 bridgehead atoms. The van der Waals surface area contributed by atoms with Gasteiger partial charge in [-0.05, 0) is 57.4 Å². The lowest BCUT2D eigenvalue weighted by Gasteiger charge is -2.29. The molecule has 58 heavy (non-hydrogen) atoms. The highest BCUT2D eigenvalue weighted by Gasteiger charge is 2.59. The molecule has 5 atom stereocenters. The van der Waals surface area contributed by atoms with Gasteiger partial charge in [-0.2, -0.15) is 0 Å². The van der Waals surface area contributed by atoms with Crippen molar-refractivity contribution in [1.29, 1.82) is 0 Å². The largest absolute Gasteiger partial charge is 0.497 e. The number of allylic oxidation sites excluding steroid dienone is 1. The number of sulfonamides is 1. The standard InChI is InChI=1S/C42H48N6O9S/c1-6-27-22-42(27,39(51)47-58(53,54)30-15-11-8-12-16-30)25-44-37(49)35-20-29(24-48(35)38(50)34(23-43)46-40(52)57-41(2,3)4)56-36-21-32(26-13-9-7-10-14-26)45-33-19-28(55-5)17-18-31(33)36/h6-19,21,27,29,34-35H,1,20,22-25,43H2,2-5H3,(H,44,49)(H,46,52)(H,47,51). The highest BCUT2D eigenvalue weighted by atomic mass is 32.2. The van der Waals surface area contributed by atoms with Crippen LogP contribution in [0.4, 0.5) is 4.79 Å². The number of alkyl carbamates (subject to hydrolysis) is 1. The second-order valence-corrected chi connectivity index (χ2v) is 17.0. The van der Waals surface area contributed by atoms with Crippen LogP contribution in [0.3, 0.4) is 0 Å². The molecule has 16 heteroatoms. The van der Waals surface area contributed by atoms with Crippen molar-refractivity contribution in [2.24, 2.45) is 17.1 Å². The van der Waals surface area contributed by atoms with Crippen molar-refractivity contribution in [3.63, 3.8) is 0 Å². The third-order valence-electron chi connectivity index (χ3n) is 10.1. The minimum absolute atomic E-state index is 0.0222. The van der Waals surface area contributed by atoms with E-state index in [1.54, 1.807) is 70.4 Å². The predicted molar refractivity (Wildman–Crippen MR) is 216 cm³/mol. The number of aromatic nitrogens is 1. The van der Waals surface area contributed by atoms with Crippen LogP contribution in [0.25, 0.3) is 22.2 Å². The molecular formula is C42H48N6O9S. The summed E-state index contributed by atoms with van der Waals surface area (Å²) in [4.78, 5) is 60.8. The van der Waals surface area contributed by atoms with Crippen LogP contribution < -0.4 is 30.6 Å².